The monoisotopic (exact) mass is 717 g/mol. The number of carbonyl (C=O) groups excluding carboxylic acids is 5. The first-order chi connectivity index (χ1) is 24.7. The number of piperidine rings is 1. The van der Waals surface area contributed by atoms with Crippen LogP contribution in [-0.4, -0.2) is 112 Å². The lowest BCUT2D eigenvalue weighted by Crippen LogP contribution is -2.59. The first-order valence-corrected chi connectivity index (χ1v) is 18.0. The summed E-state index contributed by atoms with van der Waals surface area (Å²) in [5, 5.41) is 18.8. The summed E-state index contributed by atoms with van der Waals surface area (Å²) in [7, 11) is 1.41. The highest BCUT2D eigenvalue weighted by Gasteiger charge is 2.39. The van der Waals surface area contributed by atoms with Gasteiger partial charge in [-0.3, -0.25) is 24.0 Å². The number of carbonyl (C=O) groups is 5. The number of aromatic nitrogens is 2. The molecule has 1 fully saturated rings. The molecular weight excluding hydrogens is 666 g/mol. The second kappa shape index (κ2) is 16.6. The van der Waals surface area contributed by atoms with Gasteiger partial charge in [0.25, 0.3) is 5.91 Å². The number of ether oxygens (including phenoxy) is 1. The molecular formula is C38H51N7O7. The van der Waals surface area contributed by atoms with E-state index >= 15 is 0 Å². The van der Waals surface area contributed by atoms with Gasteiger partial charge in [-0.15, -0.1) is 0 Å². The van der Waals surface area contributed by atoms with Crippen LogP contribution in [0.25, 0.3) is 11.0 Å². The number of rotatable bonds is 5. The summed E-state index contributed by atoms with van der Waals surface area (Å²) in [6.45, 7) is 7.48. The van der Waals surface area contributed by atoms with Crippen LogP contribution < -0.4 is 20.7 Å². The van der Waals surface area contributed by atoms with Crippen molar-refractivity contribution < 1.29 is 33.8 Å². The SMILES string of the molecule is CC(C)C1NC(=O)[C@H](C)N(C)C(=O)[C@H]([C@@H](C)O)NC(=O)COc2cccc(c2)CC2(CCN(C(=O)CCc3nc4ccccc4[nH]3)CC2)CNC1=O. The summed E-state index contributed by atoms with van der Waals surface area (Å²) < 4.78 is 5.80. The van der Waals surface area contributed by atoms with Crippen molar-refractivity contribution in [1.82, 2.24) is 35.7 Å². The normalized spacial score (nSPS) is 22.9. The molecule has 3 heterocycles. The highest BCUT2D eigenvalue weighted by atomic mass is 16.5. The quantitative estimate of drug-likeness (QED) is 0.264. The zero-order valence-electron chi connectivity index (χ0n) is 30.6. The summed E-state index contributed by atoms with van der Waals surface area (Å²) in [6.07, 6.45) is 1.39. The third-order valence-electron chi connectivity index (χ3n) is 10.3. The van der Waals surface area contributed by atoms with Gasteiger partial charge in [0, 0.05) is 39.5 Å². The summed E-state index contributed by atoms with van der Waals surface area (Å²) in [5.74, 6) is -1.20. The van der Waals surface area contributed by atoms with E-state index in [-0.39, 0.29) is 17.7 Å². The predicted octanol–water partition coefficient (Wildman–Crippen LogP) is 1.71. The average Bonchev–Trinajstić information content (AvgIpc) is 3.55. The van der Waals surface area contributed by atoms with E-state index in [0.717, 1.165) is 27.3 Å². The summed E-state index contributed by atoms with van der Waals surface area (Å²) in [4.78, 5) is 77.7. The molecule has 1 unspecified atom stereocenters. The summed E-state index contributed by atoms with van der Waals surface area (Å²) in [5.41, 5.74) is 2.32. The van der Waals surface area contributed by atoms with Crippen LogP contribution in [-0.2, 0) is 36.8 Å². The summed E-state index contributed by atoms with van der Waals surface area (Å²) >= 11 is 0. The van der Waals surface area contributed by atoms with Gasteiger partial charge in [-0.25, -0.2) is 4.98 Å². The van der Waals surface area contributed by atoms with Crippen LogP contribution in [0.1, 0.15) is 58.3 Å². The highest BCUT2D eigenvalue weighted by Crippen LogP contribution is 2.36. The topological polar surface area (TPSA) is 186 Å². The van der Waals surface area contributed by atoms with Crippen molar-refractivity contribution in [1.29, 1.82) is 0 Å². The third-order valence-corrected chi connectivity index (χ3v) is 10.3. The number of aryl methyl sites for hydroxylation is 1. The Balaban J connectivity index is 1.34. The van der Waals surface area contributed by atoms with Crippen LogP contribution in [0.3, 0.4) is 0 Å². The lowest BCUT2D eigenvalue weighted by atomic mass is 9.73. The molecule has 52 heavy (non-hydrogen) atoms. The minimum Gasteiger partial charge on any atom is -0.484 e. The number of likely N-dealkylation sites (tertiary alicyclic amines) is 1. The Kier molecular flexibility index (Phi) is 12.2. The molecule has 5 rings (SSSR count). The van der Waals surface area contributed by atoms with Crippen molar-refractivity contribution in [3.63, 3.8) is 0 Å². The van der Waals surface area contributed by atoms with Gasteiger partial charge in [-0.2, -0.15) is 0 Å². The van der Waals surface area contributed by atoms with E-state index in [2.05, 4.69) is 25.9 Å². The Bertz CT molecular complexity index is 1730. The average molecular weight is 718 g/mol. The van der Waals surface area contributed by atoms with Crippen molar-refractivity contribution in [3.8, 4) is 5.75 Å². The molecule has 14 heteroatoms. The molecule has 0 radical (unpaired) electrons. The standard InChI is InChI=1S/C38H51N7O7/c1-23(2)33-36(50)39-22-38(15-17-45(18-16-38)32(48)14-13-30-40-28-11-6-7-12-29(28)41-30)20-26-9-8-10-27(19-26)52-21-31(47)42-34(25(4)46)37(51)44(5)24(3)35(49)43-33/h6-12,19,23-25,33-34,46H,13-18,20-22H2,1-5H3,(H,39,50)(H,40,41)(H,42,47)(H,43,49)/t24-,25+,33?,34-/m0/s1. The number of aliphatic hydroxyl groups excluding tert-OH is 1. The molecule has 280 valence electrons. The van der Waals surface area contributed by atoms with Gasteiger partial charge >= 0.3 is 0 Å². The molecule has 0 saturated carbocycles. The number of fused-ring (bicyclic) bond motifs is 3. The molecule has 5 N–H and O–H groups in total. The summed E-state index contributed by atoms with van der Waals surface area (Å²) in [6, 6.07) is 11.9. The number of nitrogens with one attached hydrogen (secondary N) is 4. The lowest BCUT2D eigenvalue weighted by Gasteiger charge is -2.42. The molecule has 14 nitrogen and oxygen atoms in total. The molecule has 1 aromatic heterocycles. The van der Waals surface area contributed by atoms with Crippen LogP contribution in [0.4, 0.5) is 0 Å². The fourth-order valence-electron chi connectivity index (χ4n) is 6.86. The molecule has 3 aromatic rings. The van der Waals surface area contributed by atoms with Crippen LogP contribution in [0.5, 0.6) is 5.75 Å². The second-order valence-corrected chi connectivity index (χ2v) is 14.6. The number of nitrogens with zero attached hydrogens (tertiary/aromatic N) is 3. The number of aromatic amines is 1. The fraction of sp³-hybridized carbons (Fsp3) is 0.526. The number of aliphatic hydroxyl groups is 1. The van der Waals surface area contributed by atoms with E-state index < -0.39 is 54.0 Å². The zero-order chi connectivity index (χ0) is 37.6. The maximum atomic E-state index is 13.7. The van der Waals surface area contributed by atoms with E-state index in [4.69, 9.17) is 4.74 Å². The van der Waals surface area contributed by atoms with Gasteiger partial charge in [0.2, 0.25) is 23.6 Å². The van der Waals surface area contributed by atoms with Crippen molar-refractivity contribution in [3.05, 3.63) is 59.9 Å². The van der Waals surface area contributed by atoms with Gasteiger partial charge < -0.3 is 40.6 Å². The minimum absolute atomic E-state index is 0.0436. The van der Waals surface area contributed by atoms with Crippen molar-refractivity contribution >= 4 is 40.6 Å². The number of hydrogen-bond acceptors (Lipinski definition) is 8. The van der Waals surface area contributed by atoms with Gasteiger partial charge in [0.15, 0.2) is 6.61 Å². The van der Waals surface area contributed by atoms with Gasteiger partial charge in [-0.1, -0.05) is 38.1 Å². The van der Waals surface area contributed by atoms with E-state index in [1.54, 1.807) is 6.07 Å². The number of amides is 5. The van der Waals surface area contributed by atoms with Crippen LogP contribution >= 0.6 is 0 Å². The Morgan fingerprint density at radius 2 is 1.73 bits per heavy atom. The van der Waals surface area contributed by atoms with Crippen molar-refractivity contribution in [2.45, 2.75) is 84.0 Å². The molecule has 2 aliphatic heterocycles. The van der Waals surface area contributed by atoms with E-state index in [9.17, 15) is 29.1 Å². The van der Waals surface area contributed by atoms with Gasteiger partial charge in [0.1, 0.15) is 29.7 Å². The number of benzene rings is 2. The highest BCUT2D eigenvalue weighted by molar-refractivity contribution is 5.94. The molecule has 5 amide bonds. The molecule has 2 aromatic carbocycles. The third kappa shape index (κ3) is 9.27. The molecule has 2 bridgehead atoms. The first-order valence-electron chi connectivity index (χ1n) is 18.0. The van der Waals surface area contributed by atoms with Crippen molar-refractivity contribution in [2.75, 3.05) is 33.3 Å². The van der Waals surface area contributed by atoms with Gasteiger partial charge in [0.05, 0.1) is 17.1 Å². The zero-order valence-corrected chi connectivity index (χ0v) is 30.6. The Morgan fingerprint density at radius 3 is 2.42 bits per heavy atom. The number of para-hydroxylation sites is 2. The molecule has 2 aliphatic rings. The van der Waals surface area contributed by atoms with Crippen LogP contribution in [0.15, 0.2) is 48.5 Å². The number of imidazole rings is 1. The Morgan fingerprint density at radius 1 is 1.00 bits per heavy atom. The largest absolute Gasteiger partial charge is 0.484 e. The maximum absolute atomic E-state index is 13.7. The number of H-pyrrole nitrogens is 1. The molecule has 0 aliphatic carbocycles. The first kappa shape index (κ1) is 38.3. The maximum Gasteiger partial charge on any atom is 0.258 e. The predicted molar refractivity (Wildman–Crippen MR) is 194 cm³/mol. The van der Waals surface area contributed by atoms with Crippen LogP contribution in [0, 0.1) is 11.3 Å². The van der Waals surface area contributed by atoms with E-state index in [1.807, 2.05) is 61.2 Å². The number of hydrogen-bond donors (Lipinski definition) is 5. The smallest absolute Gasteiger partial charge is 0.258 e. The minimum atomic E-state index is -1.32. The molecule has 4 atom stereocenters. The van der Waals surface area contributed by atoms with E-state index in [0.29, 0.717) is 57.5 Å². The second-order valence-electron chi connectivity index (χ2n) is 14.6. The Hall–Kier alpha value is -4.98. The number of likely N-dealkylation sites (N-methyl/N-ethyl adjacent to an activating group) is 1. The fourth-order valence-corrected chi connectivity index (χ4v) is 6.86. The Labute approximate surface area is 304 Å². The van der Waals surface area contributed by atoms with Gasteiger partial charge in [-0.05, 0) is 74.3 Å². The van der Waals surface area contributed by atoms with Crippen LogP contribution in [0.2, 0.25) is 0 Å². The lowest BCUT2D eigenvalue weighted by molar-refractivity contribution is -0.144. The molecule has 1 saturated heterocycles. The van der Waals surface area contributed by atoms with Crippen molar-refractivity contribution in [2.24, 2.45) is 11.3 Å². The van der Waals surface area contributed by atoms with E-state index in [1.165, 1.54) is 20.9 Å². The molecule has 1 spiro atoms.